The van der Waals surface area contributed by atoms with E-state index in [0.29, 0.717) is 12.2 Å². The lowest BCUT2D eigenvalue weighted by Gasteiger charge is -2.10. The van der Waals surface area contributed by atoms with Crippen LogP contribution in [0.3, 0.4) is 0 Å². The molecular formula is C10H16N4O. The third-order valence-corrected chi connectivity index (χ3v) is 2.03. The number of nitrogens with zero attached hydrogens (tertiary/aromatic N) is 2. The van der Waals surface area contributed by atoms with Gasteiger partial charge in [-0.2, -0.15) is 5.10 Å². The van der Waals surface area contributed by atoms with Crippen molar-refractivity contribution < 1.29 is 4.79 Å². The molecule has 82 valence electrons. The summed E-state index contributed by atoms with van der Waals surface area (Å²) in [4.78, 5) is 11.5. The van der Waals surface area contributed by atoms with Crippen LogP contribution in [0.15, 0.2) is 18.3 Å². The molecule has 0 fully saturated rings. The van der Waals surface area contributed by atoms with Crippen LogP contribution in [0.4, 0.5) is 5.82 Å². The number of unbranched alkanes of at least 4 members (excludes halogenated alkanes) is 1. The van der Waals surface area contributed by atoms with Gasteiger partial charge in [0.05, 0.1) is 6.04 Å². The summed E-state index contributed by atoms with van der Waals surface area (Å²) in [6, 6.07) is 2.92. The molecule has 0 radical (unpaired) electrons. The number of aromatic nitrogens is 2. The Hall–Kier alpha value is -1.49. The second-order valence-electron chi connectivity index (χ2n) is 3.35. The van der Waals surface area contributed by atoms with Crippen LogP contribution in [0.25, 0.3) is 0 Å². The van der Waals surface area contributed by atoms with Crippen molar-refractivity contribution in [1.82, 2.24) is 10.2 Å². The average Bonchev–Trinajstić information content (AvgIpc) is 2.27. The van der Waals surface area contributed by atoms with Gasteiger partial charge in [0, 0.05) is 6.20 Å². The summed E-state index contributed by atoms with van der Waals surface area (Å²) >= 11 is 0. The molecule has 1 heterocycles. The van der Waals surface area contributed by atoms with Crippen molar-refractivity contribution in [2.75, 3.05) is 5.32 Å². The van der Waals surface area contributed by atoms with E-state index >= 15 is 0 Å². The molecule has 0 unspecified atom stereocenters. The molecule has 0 aliphatic heterocycles. The first kappa shape index (κ1) is 11.6. The predicted molar refractivity (Wildman–Crippen MR) is 58.2 cm³/mol. The highest BCUT2D eigenvalue weighted by Gasteiger charge is 2.12. The number of anilines is 1. The van der Waals surface area contributed by atoms with Crippen molar-refractivity contribution in [3.05, 3.63) is 18.3 Å². The molecule has 0 spiro atoms. The molecule has 3 N–H and O–H groups in total. The van der Waals surface area contributed by atoms with Gasteiger partial charge in [-0.1, -0.05) is 19.8 Å². The zero-order chi connectivity index (χ0) is 11.1. The van der Waals surface area contributed by atoms with E-state index in [1.807, 2.05) is 0 Å². The van der Waals surface area contributed by atoms with Gasteiger partial charge < -0.3 is 11.1 Å². The Morgan fingerprint density at radius 2 is 2.47 bits per heavy atom. The molecular weight excluding hydrogens is 192 g/mol. The van der Waals surface area contributed by atoms with E-state index in [9.17, 15) is 4.79 Å². The first-order valence-corrected chi connectivity index (χ1v) is 5.08. The Morgan fingerprint density at radius 1 is 1.67 bits per heavy atom. The lowest BCUT2D eigenvalue weighted by molar-refractivity contribution is -0.117. The molecule has 0 aromatic carbocycles. The van der Waals surface area contributed by atoms with Crippen LogP contribution in [0.1, 0.15) is 26.2 Å². The van der Waals surface area contributed by atoms with Gasteiger partial charge >= 0.3 is 0 Å². The van der Waals surface area contributed by atoms with Gasteiger partial charge in [-0.3, -0.25) is 4.79 Å². The van der Waals surface area contributed by atoms with Crippen molar-refractivity contribution in [2.45, 2.75) is 32.2 Å². The number of hydrogen-bond acceptors (Lipinski definition) is 4. The molecule has 1 aromatic heterocycles. The first-order valence-electron chi connectivity index (χ1n) is 5.08. The number of carbonyl (C=O) groups excluding carboxylic acids is 1. The topological polar surface area (TPSA) is 80.9 Å². The van der Waals surface area contributed by atoms with Crippen molar-refractivity contribution >= 4 is 11.7 Å². The number of carbonyl (C=O) groups is 1. The second kappa shape index (κ2) is 6.08. The fourth-order valence-electron chi connectivity index (χ4n) is 1.14. The van der Waals surface area contributed by atoms with Crippen LogP contribution in [0, 0.1) is 0 Å². The van der Waals surface area contributed by atoms with E-state index in [1.165, 1.54) is 0 Å². The Morgan fingerprint density at radius 3 is 3.07 bits per heavy atom. The highest BCUT2D eigenvalue weighted by Crippen LogP contribution is 2.02. The second-order valence-corrected chi connectivity index (χ2v) is 3.35. The standard InChI is InChI=1S/C10H16N4O/c1-2-3-5-8(11)10(15)13-9-6-4-7-12-14-9/h4,6-8H,2-3,5,11H2,1H3,(H,13,14,15)/t8-/m0/s1. The predicted octanol–water partition coefficient (Wildman–Crippen LogP) is 0.933. The van der Waals surface area contributed by atoms with Gasteiger partial charge in [-0.25, -0.2) is 0 Å². The van der Waals surface area contributed by atoms with Crippen LogP contribution in [0.2, 0.25) is 0 Å². The van der Waals surface area contributed by atoms with Crippen molar-refractivity contribution in [3.63, 3.8) is 0 Å². The Bertz CT molecular complexity index is 302. The average molecular weight is 208 g/mol. The maximum Gasteiger partial charge on any atom is 0.242 e. The summed E-state index contributed by atoms with van der Waals surface area (Å²) in [5.74, 6) is 0.235. The normalized spacial score (nSPS) is 12.1. The summed E-state index contributed by atoms with van der Waals surface area (Å²) in [5, 5.41) is 10.0. The molecule has 5 nitrogen and oxygen atoms in total. The molecule has 0 aliphatic rings. The van der Waals surface area contributed by atoms with Crippen LogP contribution in [-0.4, -0.2) is 22.1 Å². The quantitative estimate of drug-likeness (QED) is 0.754. The molecule has 0 saturated heterocycles. The molecule has 0 saturated carbocycles. The van der Waals surface area contributed by atoms with E-state index < -0.39 is 6.04 Å². The lowest BCUT2D eigenvalue weighted by Crippen LogP contribution is -2.35. The van der Waals surface area contributed by atoms with E-state index in [-0.39, 0.29) is 5.91 Å². The summed E-state index contributed by atoms with van der Waals surface area (Å²) in [5.41, 5.74) is 5.69. The lowest BCUT2D eigenvalue weighted by atomic mass is 10.1. The van der Waals surface area contributed by atoms with E-state index in [1.54, 1.807) is 18.3 Å². The van der Waals surface area contributed by atoms with Gasteiger partial charge in [0.1, 0.15) is 0 Å². The minimum atomic E-state index is -0.466. The van der Waals surface area contributed by atoms with Crippen LogP contribution in [0.5, 0.6) is 0 Å². The minimum Gasteiger partial charge on any atom is -0.320 e. The molecule has 0 bridgehead atoms. The monoisotopic (exact) mass is 208 g/mol. The van der Waals surface area contributed by atoms with Crippen molar-refractivity contribution in [1.29, 1.82) is 0 Å². The van der Waals surface area contributed by atoms with Gasteiger partial charge in [-0.15, -0.1) is 5.10 Å². The Labute approximate surface area is 89.1 Å². The van der Waals surface area contributed by atoms with Crippen molar-refractivity contribution in [2.24, 2.45) is 5.73 Å². The minimum absolute atomic E-state index is 0.205. The third-order valence-electron chi connectivity index (χ3n) is 2.03. The molecule has 1 rings (SSSR count). The zero-order valence-electron chi connectivity index (χ0n) is 8.81. The van der Waals surface area contributed by atoms with Crippen LogP contribution in [-0.2, 0) is 4.79 Å². The van der Waals surface area contributed by atoms with E-state index in [2.05, 4.69) is 22.4 Å². The number of amides is 1. The maximum atomic E-state index is 11.5. The molecule has 1 aromatic rings. The number of hydrogen-bond donors (Lipinski definition) is 2. The molecule has 1 atom stereocenters. The van der Waals surface area contributed by atoms with Gasteiger partial charge in [0.2, 0.25) is 5.91 Å². The smallest absolute Gasteiger partial charge is 0.242 e. The summed E-state index contributed by atoms with van der Waals surface area (Å²) in [6.45, 7) is 2.06. The van der Waals surface area contributed by atoms with Gasteiger partial charge in [0.25, 0.3) is 0 Å². The van der Waals surface area contributed by atoms with Crippen LogP contribution < -0.4 is 11.1 Å². The summed E-state index contributed by atoms with van der Waals surface area (Å²) < 4.78 is 0. The highest BCUT2D eigenvalue weighted by molar-refractivity contribution is 5.93. The molecule has 5 heteroatoms. The van der Waals surface area contributed by atoms with E-state index in [0.717, 1.165) is 12.8 Å². The molecule has 1 amide bonds. The SMILES string of the molecule is CCCC[C@H](N)C(=O)Nc1cccnn1. The van der Waals surface area contributed by atoms with E-state index in [4.69, 9.17) is 5.73 Å². The van der Waals surface area contributed by atoms with Gasteiger partial charge in [0.15, 0.2) is 5.82 Å². The number of nitrogens with two attached hydrogens (primary N) is 1. The van der Waals surface area contributed by atoms with Crippen LogP contribution >= 0.6 is 0 Å². The number of nitrogens with one attached hydrogen (secondary N) is 1. The molecule has 0 aliphatic carbocycles. The zero-order valence-corrected chi connectivity index (χ0v) is 8.81. The van der Waals surface area contributed by atoms with Crippen molar-refractivity contribution in [3.8, 4) is 0 Å². The Balaban J connectivity index is 2.42. The summed E-state index contributed by atoms with van der Waals surface area (Å²) in [6.07, 6.45) is 4.23. The summed E-state index contributed by atoms with van der Waals surface area (Å²) in [7, 11) is 0. The maximum absolute atomic E-state index is 11.5. The van der Waals surface area contributed by atoms with Gasteiger partial charge in [-0.05, 0) is 18.6 Å². The third kappa shape index (κ3) is 4.03. The fourth-order valence-corrected chi connectivity index (χ4v) is 1.14. The molecule has 15 heavy (non-hydrogen) atoms. The number of rotatable bonds is 5. The largest absolute Gasteiger partial charge is 0.320 e. The Kier molecular flexibility index (Phi) is 4.70. The first-order chi connectivity index (χ1) is 7.24. The highest BCUT2D eigenvalue weighted by atomic mass is 16.2. The fraction of sp³-hybridized carbons (Fsp3) is 0.500.